The number of amides is 1. The molecule has 0 bridgehead atoms. The molecule has 0 unspecified atom stereocenters. The van der Waals surface area contributed by atoms with Gasteiger partial charge in [0.2, 0.25) is 0 Å². The molecule has 0 spiro atoms. The molecule has 1 N–H and O–H groups in total. The van der Waals surface area contributed by atoms with E-state index in [1.165, 1.54) is 11.8 Å². The Kier molecular flexibility index (Phi) is 4.64. The van der Waals surface area contributed by atoms with E-state index in [-0.39, 0.29) is 17.8 Å². The number of benzene rings is 2. The van der Waals surface area contributed by atoms with Crippen molar-refractivity contribution in [2.45, 2.75) is 4.90 Å². The van der Waals surface area contributed by atoms with Gasteiger partial charge in [0.05, 0.1) is 16.1 Å². The number of carbonyl (C=O) groups excluding carboxylic acids is 1. The van der Waals surface area contributed by atoms with Gasteiger partial charge in [-0.1, -0.05) is 41.0 Å². The Morgan fingerprint density at radius 1 is 1.13 bits per heavy atom. The Bertz CT molecular complexity index is 851. The quantitative estimate of drug-likeness (QED) is 0.711. The molecule has 0 aliphatic rings. The zero-order valence-corrected chi connectivity index (χ0v) is 13.7. The summed E-state index contributed by atoms with van der Waals surface area (Å²) in [6.07, 6.45) is 1.91. The number of anilines is 1. The van der Waals surface area contributed by atoms with E-state index in [1.807, 2.05) is 30.5 Å². The van der Waals surface area contributed by atoms with Gasteiger partial charge in [-0.2, -0.15) is 0 Å². The predicted molar refractivity (Wildman–Crippen MR) is 90.9 cm³/mol. The summed E-state index contributed by atoms with van der Waals surface area (Å²) in [6.45, 7) is 0. The summed E-state index contributed by atoms with van der Waals surface area (Å²) in [5.41, 5.74) is 1.17. The van der Waals surface area contributed by atoms with Gasteiger partial charge >= 0.3 is 6.01 Å². The van der Waals surface area contributed by atoms with Gasteiger partial charge in [-0.25, -0.2) is 0 Å². The van der Waals surface area contributed by atoms with Crippen LogP contribution in [0.4, 0.5) is 6.01 Å². The second-order valence-electron chi connectivity index (χ2n) is 4.55. The van der Waals surface area contributed by atoms with E-state index in [4.69, 9.17) is 16.0 Å². The minimum atomic E-state index is -0.302. The van der Waals surface area contributed by atoms with Gasteiger partial charge in [-0.05, 0) is 30.5 Å². The summed E-state index contributed by atoms with van der Waals surface area (Å²) < 4.78 is 5.47. The smallest absolute Gasteiger partial charge is 0.322 e. The van der Waals surface area contributed by atoms with Gasteiger partial charge < -0.3 is 4.42 Å². The van der Waals surface area contributed by atoms with E-state index in [0.717, 1.165) is 4.90 Å². The molecule has 0 aliphatic heterocycles. The van der Waals surface area contributed by atoms with Crippen LogP contribution in [0.15, 0.2) is 57.8 Å². The summed E-state index contributed by atoms with van der Waals surface area (Å²) in [5, 5.41) is 10.9. The molecule has 2 aromatic carbocycles. The van der Waals surface area contributed by atoms with Gasteiger partial charge in [-0.15, -0.1) is 16.9 Å². The number of thioether (sulfide) groups is 1. The molecule has 1 aromatic heterocycles. The first-order valence-corrected chi connectivity index (χ1v) is 8.32. The van der Waals surface area contributed by atoms with Gasteiger partial charge in [0.25, 0.3) is 11.8 Å². The lowest BCUT2D eigenvalue weighted by Gasteiger charge is -2.05. The monoisotopic (exact) mass is 345 g/mol. The summed E-state index contributed by atoms with van der Waals surface area (Å²) in [5.74, 6) is -0.0478. The SMILES string of the molecule is CSc1ccccc1C(=O)Nc1nnc(-c2ccccc2Cl)o1. The van der Waals surface area contributed by atoms with E-state index in [0.29, 0.717) is 16.1 Å². The van der Waals surface area contributed by atoms with Gasteiger partial charge in [0.15, 0.2) is 0 Å². The highest BCUT2D eigenvalue weighted by atomic mass is 35.5. The van der Waals surface area contributed by atoms with Crippen LogP contribution in [0, 0.1) is 0 Å². The van der Waals surface area contributed by atoms with Gasteiger partial charge in [0, 0.05) is 4.90 Å². The highest BCUT2D eigenvalue weighted by Crippen LogP contribution is 2.27. The number of rotatable bonds is 4. The van der Waals surface area contributed by atoms with Crippen molar-refractivity contribution in [3.8, 4) is 11.5 Å². The molecule has 0 fully saturated rings. The third-order valence-electron chi connectivity index (χ3n) is 3.10. The topological polar surface area (TPSA) is 68.0 Å². The molecule has 1 heterocycles. The first-order valence-electron chi connectivity index (χ1n) is 6.72. The Morgan fingerprint density at radius 2 is 1.87 bits per heavy atom. The predicted octanol–water partition coefficient (Wildman–Crippen LogP) is 4.36. The third-order valence-corrected chi connectivity index (χ3v) is 4.23. The van der Waals surface area contributed by atoms with E-state index >= 15 is 0 Å². The summed E-state index contributed by atoms with van der Waals surface area (Å²) in [7, 11) is 0. The molecule has 0 atom stereocenters. The number of aromatic nitrogens is 2. The van der Waals surface area contributed by atoms with Crippen LogP contribution < -0.4 is 5.32 Å². The largest absolute Gasteiger partial charge is 0.403 e. The molecule has 23 heavy (non-hydrogen) atoms. The van der Waals surface area contributed by atoms with Crippen LogP contribution in [0.25, 0.3) is 11.5 Å². The molecule has 1 amide bonds. The standard InChI is InChI=1S/C16H12ClN3O2S/c1-23-13-9-5-3-7-11(13)14(21)18-16-20-19-15(22-16)10-6-2-4-8-12(10)17/h2-9H,1H3,(H,18,20,21). The fourth-order valence-corrected chi connectivity index (χ4v) is 2.83. The fraction of sp³-hybridized carbons (Fsp3) is 0.0625. The van der Waals surface area contributed by atoms with Crippen molar-refractivity contribution in [1.29, 1.82) is 0 Å². The van der Waals surface area contributed by atoms with Crippen molar-refractivity contribution in [2.75, 3.05) is 11.6 Å². The number of hydrogen-bond acceptors (Lipinski definition) is 5. The highest BCUT2D eigenvalue weighted by Gasteiger charge is 2.16. The Hall–Kier alpha value is -2.31. The molecular weight excluding hydrogens is 334 g/mol. The molecule has 0 saturated carbocycles. The minimum absolute atomic E-state index is 0.0285. The van der Waals surface area contributed by atoms with Crippen molar-refractivity contribution < 1.29 is 9.21 Å². The van der Waals surface area contributed by atoms with Crippen molar-refractivity contribution in [3.05, 3.63) is 59.1 Å². The maximum absolute atomic E-state index is 12.3. The summed E-state index contributed by atoms with van der Waals surface area (Å²) in [4.78, 5) is 13.2. The average molecular weight is 346 g/mol. The minimum Gasteiger partial charge on any atom is -0.403 e. The second-order valence-corrected chi connectivity index (χ2v) is 5.80. The molecule has 3 rings (SSSR count). The first-order chi connectivity index (χ1) is 11.2. The number of carbonyl (C=O) groups is 1. The number of nitrogens with zero attached hydrogens (tertiary/aromatic N) is 2. The van der Waals surface area contributed by atoms with Crippen molar-refractivity contribution >= 4 is 35.3 Å². The van der Waals surface area contributed by atoms with Crippen LogP contribution in [0.2, 0.25) is 5.02 Å². The molecule has 5 nitrogen and oxygen atoms in total. The lowest BCUT2D eigenvalue weighted by Crippen LogP contribution is -2.13. The lowest BCUT2D eigenvalue weighted by molar-refractivity contribution is 0.102. The van der Waals surface area contributed by atoms with Crippen LogP contribution in [0.1, 0.15) is 10.4 Å². The van der Waals surface area contributed by atoms with Crippen molar-refractivity contribution in [3.63, 3.8) is 0 Å². The van der Waals surface area contributed by atoms with Crippen molar-refractivity contribution in [1.82, 2.24) is 10.2 Å². The van der Waals surface area contributed by atoms with E-state index < -0.39 is 0 Å². The van der Waals surface area contributed by atoms with Crippen molar-refractivity contribution in [2.24, 2.45) is 0 Å². The van der Waals surface area contributed by atoms with Crippen LogP contribution in [-0.2, 0) is 0 Å². The molecule has 116 valence electrons. The summed E-state index contributed by atoms with van der Waals surface area (Å²) in [6, 6.07) is 14.5. The molecule has 0 saturated heterocycles. The lowest BCUT2D eigenvalue weighted by atomic mass is 10.2. The van der Waals surface area contributed by atoms with E-state index in [1.54, 1.807) is 24.3 Å². The zero-order valence-electron chi connectivity index (χ0n) is 12.1. The normalized spacial score (nSPS) is 10.5. The van der Waals surface area contributed by atoms with E-state index in [9.17, 15) is 4.79 Å². The van der Waals surface area contributed by atoms with Crippen LogP contribution in [-0.4, -0.2) is 22.4 Å². The maximum Gasteiger partial charge on any atom is 0.322 e. The van der Waals surface area contributed by atoms with Crippen LogP contribution in [0.3, 0.4) is 0 Å². The van der Waals surface area contributed by atoms with Gasteiger partial charge in [-0.3, -0.25) is 10.1 Å². The fourth-order valence-electron chi connectivity index (χ4n) is 2.01. The van der Waals surface area contributed by atoms with E-state index in [2.05, 4.69) is 15.5 Å². The van der Waals surface area contributed by atoms with Crippen LogP contribution >= 0.6 is 23.4 Å². The molecule has 7 heteroatoms. The number of hydrogen-bond donors (Lipinski definition) is 1. The van der Waals surface area contributed by atoms with Crippen LogP contribution in [0.5, 0.6) is 0 Å². The average Bonchev–Trinajstić information content (AvgIpc) is 3.03. The molecular formula is C16H12ClN3O2S. The Balaban J connectivity index is 1.82. The molecule has 3 aromatic rings. The Labute approximate surface area is 142 Å². The molecule has 0 radical (unpaired) electrons. The number of halogens is 1. The van der Waals surface area contributed by atoms with Gasteiger partial charge in [0.1, 0.15) is 0 Å². The molecule has 0 aliphatic carbocycles. The Morgan fingerprint density at radius 3 is 2.65 bits per heavy atom. The highest BCUT2D eigenvalue weighted by molar-refractivity contribution is 7.98. The third kappa shape index (κ3) is 3.38. The first kappa shape index (κ1) is 15.6. The summed E-state index contributed by atoms with van der Waals surface area (Å²) >= 11 is 7.58. The zero-order chi connectivity index (χ0) is 16.2. The second kappa shape index (κ2) is 6.85. The maximum atomic E-state index is 12.3. The number of nitrogens with one attached hydrogen (secondary N) is 1.